The number of ether oxygens (including phenoxy) is 3. The summed E-state index contributed by atoms with van der Waals surface area (Å²) in [7, 11) is 3.32. The molecule has 1 aromatic carbocycles. The van der Waals surface area contributed by atoms with Gasteiger partial charge in [0.05, 0.1) is 13.7 Å². The fraction of sp³-hybridized carbons (Fsp3) is 0.600. The quantitative estimate of drug-likeness (QED) is 0.771. The Morgan fingerprint density at radius 1 is 1.11 bits per heavy atom. The number of nitrogens with one attached hydrogen (secondary N) is 1. The first-order valence-electron chi connectivity index (χ1n) is 6.50. The van der Waals surface area contributed by atoms with Crippen LogP contribution in [-0.2, 0) is 11.3 Å². The topological polar surface area (TPSA) is 39.7 Å². The van der Waals surface area contributed by atoms with Crippen LogP contribution in [0.25, 0.3) is 0 Å². The Bertz CT molecular complexity index is 385. The lowest BCUT2D eigenvalue weighted by molar-refractivity contribution is 0.145. The fourth-order valence-corrected chi connectivity index (χ4v) is 1.54. The molecule has 0 aliphatic carbocycles. The van der Waals surface area contributed by atoms with Crippen LogP contribution in [0.3, 0.4) is 0 Å². The van der Waals surface area contributed by atoms with Crippen LogP contribution >= 0.6 is 0 Å². The van der Waals surface area contributed by atoms with E-state index in [0.29, 0.717) is 13.2 Å². The van der Waals surface area contributed by atoms with Crippen LogP contribution in [0.5, 0.6) is 11.5 Å². The predicted octanol–water partition coefficient (Wildman–Crippen LogP) is 2.61. The third-order valence-corrected chi connectivity index (χ3v) is 2.63. The number of benzene rings is 1. The Labute approximate surface area is 116 Å². The lowest BCUT2D eigenvalue weighted by Crippen LogP contribution is -2.35. The highest BCUT2D eigenvalue weighted by Gasteiger charge is 2.11. The van der Waals surface area contributed by atoms with E-state index < -0.39 is 0 Å². The second-order valence-corrected chi connectivity index (χ2v) is 5.42. The normalized spacial score (nSPS) is 11.4. The van der Waals surface area contributed by atoms with Crippen LogP contribution < -0.4 is 14.8 Å². The highest BCUT2D eigenvalue weighted by Crippen LogP contribution is 2.25. The van der Waals surface area contributed by atoms with E-state index in [9.17, 15) is 0 Å². The maximum absolute atomic E-state index is 5.74. The van der Waals surface area contributed by atoms with Crippen molar-refractivity contribution in [3.05, 3.63) is 23.8 Å². The highest BCUT2D eigenvalue weighted by molar-refractivity contribution is 5.40. The fourth-order valence-electron chi connectivity index (χ4n) is 1.54. The summed E-state index contributed by atoms with van der Waals surface area (Å²) in [5, 5.41) is 3.45. The van der Waals surface area contributed by atoms with Crippen molar-refractivity contribution in [2.75, 3.05) is 27.4 Å². The molecule has 0 radical (unpaired) electrons. The Morgan fingerprint density at radius 2 is 1.84 bits per heavy atom. The van der Waals surface area contributed by atoms with E-state index in [0.717, 1.165) is 23.6 Å². The van der Waals surface area contributed by atoms with Crippen molar-refractivity contribution < 1.29 is 14.2 Å². The van der Waals surface area contributed by atoms with Gasteiger partial charge in [0, 0.05) is 30.8 Å². The maximum atomic E-state index is 5.74. The minimum atomic E-state index is 0.0731. The van der Waals surface area contributed by atoms with Gasteiger partial charge in [-0.05, 0) is 26.8 Å². The lowest BCUT2D eigenvalue weighted by atomic mass is 10.1. The third-order valence-electron chi connectivity index (χ3n) is 2.63. The molecule has 0 amide bonds. The molecule has 0 atom stereocenters. The molecule has 4 nitrogen and oxygen atoms in total. The molecule has 1 rings (SSSR count). The molecule has 0 spiro atoms. The summed E-state index contributed by atoms with van der Waals surface area (Å²) in [4.78, 5) is 0. The maximum Gasteiger partial charge on any atom is 0.127 e. The summed E-state index contributed by atoms with van der Waals surface area (Å²) in [5.74, 6) is 1.64. The van der Waals surface area contributed by atoms with E-state index in [1.807, 2.05) is 18.2 Å². The van der Waals surface area contributed by atoms with E-state index in [1.54, 1.807) is 14.2 Å². The predicted molar refractivity (Wildman–Crippen MR) is 77.0 cm³/mol. The summed E-state index contributed by atoms with van der Waals surface area (Å²) in [6, 6.07) is 5.89. The van der Waals surface area contributed by atoms with Gasteiger partial charge in [-0.25, -0.2) is 0 Å². The van der Waals surface area contributed by atoms with Crippen molar-refractivity contribution in [3.63, 3.8) is 0 Å². The van der Waals surface area contributed by atoms with E-state index in [1.165, 1.54) is 0 Å². The largest absolute Gasteiger partial charge is 0.497 e. The molecule has 4 heteroatoms. The Hall–Kier alpha value is -1.26. The van der Waals surface area contributed by atoms with Gasteiger partial charge in [-0.2, -0.15) is 0 Å². The molecule has 0 bridgehead atoms. The molecule has 0 aliphatic heterocycles. The molecule has 0 aliphatic rings. The van der Waals surface area contributed by atoms with Gasteiger partial charge in [-0.3, -0.25) is 0 Å². The number of rotatable bonds is 7. The average molecular weight is 267 g/mol. The molecule has 0 unspecified atom stereocenters. The van der Waals surface area contributed by atoms with Gasteiger partial charge >= 0.3 is 0 Å². The van der Waals surface area contributed by atoms with Crippen molar-refractivity contribution in [1.82, 2.24) is 5.32 Å². The number of methoxy groups -OCH3 is 2. The SMILES string of the molecule is COCCOc1cc(OC)ccc1CNC(C)(C)C. The van der Waals surface area contributed by atoms with E-state index in [-0.39, 0.29) is 5.54 Å². The zero-order valence-electron chi connectivity index (χ0n) is 12.6. The van der Waals surface area contributed by atoms with Crippen molar-refractivity contribution in [1.29, 1.82) is 0 Å². The van der Waals surface area contributed by atoms with Gasteiger partial charge in [-0.1, -0.05) is 6.07 Å². The molecule has 0 aromatic heterocycles. The van der Waals surface area contributed by atoms with Crippen LogP contribution in [0.15, 0.2) is 18.2 Å². The molecule has 108 valence electrons. The van der Waals surface area contributed by atoms with E-state index in [2.05, 4.69) is 26.1 Å². The monoisotopic (exact) mass is 267 g/mol. The standard InChI is InChI=1S/C15H25NO3/c1-15(2,3)16-11-12-6-7-13(18-5)10-14(12)19-9-8-17-4/h6-7,10,16H,8-9,11H2,1-5H3. The highest BCUT2D eigenvalue weighted by atomic mass is 16.5. The first-order chi connectivity index (χ1) is 8.96. The number of hydrogen-bond donors (Lipinski definition) is 1. The molecule has 1 N–H and O–H groups in total. The van der Waals surface area contributed by atoms with Gasteiger partial charge in [-0.15, -0.1) is 0 Å². The first-order valence-corrected chi connectivity index (χ1v) is 6.50. The van der Waals surface area contributed by atoms with Gasteiger partial charge in [0.25, 0.3) is 0 Å². The molecular weight excluding hydrogens is 242 g/mol. The molecule has 0 heterocycles. The van der Waals surface area contributed by atoms with E-state index >= 15 is 0 Å². The minimum Gasteiger partial charge on any atom is -0.497 e. The van der Waals surface area contributed by atoms with Crippen LogP contribution in [0.1, 0.15) is 26.3 Å². The molecule has 1 aromatic rings. The van der Waals surface area contributed by atoms with Crippen molar-refractivity contribution in [2.24, 2.45) is 0 Å². The molecule has 0 saturated heterocycles. The lowest BCUT2D eigenvalue weighted by Gasteiger charge is -2.22. The Kier molecular flexibility index (Phi) is 6.12. The van der Waals surface area contributed by atoms with Crippen LogP contribution in [-0.4, -0.2) is 33.0 Å². The molecule has 19 heavy (non-hydrogen) atoms. The second-order valence-electron chi connectivity index (χ2n) is 5.42. The van der Waals surface area contributed by atoms with Gasteiger partial charge < -0.3 is 19.5 Å². The number of hydrogen-bond acceptors (Lipinski definition) is 4. The van der Waals surface area contributed by atoms with Crippen LogP contribution in [0.4, 0.5) is 0 Å². The Balaban J connectivity index is 2.76. The smallest absolute Gasteiger partial charge is 0.127 e. The molecular formula is C15H25NO3. The zero-order valence-corrected chi connectivity index (χ0v) is 12.6. The van der Waals surface area contributed by atoms with Crippen molar-refractivity contribution in [3.8, 4) is 11.5 Å². The van der Waals surface area contributed by atoms with Crippen LogP contribution in [0.2, 0.25) is 0 Å². The van der Waals surface area contributed by atoms with Gasteiger partial charge in [0.1, 0.15) is 18.1 Å². The summed E-state index contributed by atoms with van der Waals surface area (Å²) in [6.45, 7) is 8.29. The van der Waals surface area contributed by atoms with E-state index in [4.69, 9.17) is 14.2 Å². The van der Waals surface area contributed by atoms with Crippen LogP contribution in [0, 0.1) is 0 Å². The zero-order chi connectivity index (χ0) is 14.3. The minimum absolute atomic E-state index is 0.0731. The van der Waals surface area contributed by atoms with Gasteiger partial charge in [0.2, 0.25) is 0 Å². The second kappa shape index (κ2) is 7.36. The first kappa shape index (κ1) is 15.8. The summed E-state index contributed by atoms with van der Waals surface area (Å²) in [5.41, 5.74) is 1.19. The molecule has 0 fully saturated rings. The molecule has 0 saturated carbocycles. The summed E-state index contributed by atoms with van der Waals surface area (Å²) in [6.07, 6.45) is 0. The third kappa shape index (κ3) is 5.94. The summed E-state index contributed by atoms with van der Waals surface area (Å²) < 4.78 is 16.0. The summed E-state index contributed by atoms with van der Waals surface area (Å²) >= 11 is 0. The van der Waals surface area contributed by atoms with Crippen molar-refractivity contribution >= 4 is 0 Å². The Morgan fingerprint density at radius 3 is 2.42 bits per heavy atom. The van der Waals surface area contributed by atoms with Gasteiger partial charge in [0.15, 0.2) is 0 Å². The average Bonchev–Trinajstić information content (AvgIpc) is 2.36. The van der Waals surface area contributed by atoms with Crippen molar-refractivity contribution in [2.45, 2.75) is 32.9 Å².